The zero-order chi connectivity index (χ0) is 15.1. The van der Waals surface area contributed by atoms with Crippen molar-refractivity contribution < 1.29 is 14.2 Å². The Kier molecular flexibility index (Phi) is 5.77. The molecule has 1 fully saturated rings. The van der Waals surface area contributed by atoms with Gasteiger partial charge < -0.3 is 19.5 Å². The van der Waals surface area contributed by atoms with Crippen LogP contribution in [0.3, 0.4) is 0 Å². The van der Waals surface area contributed by atoms with E-state index in [0.717, 1.165) is 12.1 Å². The zero-order valence-corrected chi connectivity index (χ0v) is 13.0. The summed E-state index contributed by atoms with van der Waals surface area (Å²) in [7, 11) is 3.29. The molecule has 1 aromatic rings. The van der Waals surface area contributed by atoms with Gasteiger partial charge in [0.1, 0.15) is 0 Å². The summed E-state index contributed by atoms with van der Waals surface area (Å²) in [6.45, 7) is 3.16. The van der Waals surface area contributed by atoms with E-state index in [1.807, 2.05) is 19.1 Å². The molecule has 0 aliphatic heterocycles. The van der Waals surface area contributed by atoms with Gasteiger partial charge in [-0.3, -0.25) is 0 Å². The van der Waals surface area contributed by atoms with E-state index in [4.69, 9.17) is 14.2 Å². The van der Waals surface area contributed by atoms with E-state index in [1.54, 1.807) is 14.2 Å². The van der Waals surface area contributed by atoms with Crippen molar-refractivity contribution in [3.63, 3.8) is 0 Å². The molecular weight excluding hydrogens is 266 g/mol. The van der Waals surface area contributed by atoms with Gasteiger partial charge in [0.05, 0.1) is 20.8 Å². The van der Waals surface area contributed by atoms with E-state index in [2.05, 4.69) is 17.2 Å². The molecule has 0 amide bonds. The van der Waals surface area contributed by atoms with Crippen LogP contribution in [0.25, 0.3) is 0 Å². The summed E-state index contributed by atoms with van der Waals surface area (Å²) in [5, 5.41) is 3.48. The van der Waals surface area contributed by atoms with E-state index >= 15 is 0 Å². The molecular formula is C17H23NO3. The van der Waals surface area contributed by atoms with Crippen molar-refractivity contribution in [1.29, 1.82) is 0 Å². The minimum Gasteiger partial charge on any atom is -0.493 e. The summed E-state index contributed by atoms with van der Waals surface area (Å²) in [5.74, 6) is 7.88. The summed E-state index contributed by atoms with van der Waals surface area (Å²) in [6, 6.07) is 4.67. The van der Waals surface area contributed by atoms with Gasteiger partial charge in [-0.05, 0) is 37.5 Å². The van der Waals surface area contributed by atoms with Crippen LogP contribution >= 0.6 is 0 Å². The number of benzene rings is 1. The predicted molar refractivity (Wildman–Crippen MR) is 83.0 cm³/mol. The van der Waals surface area contributed by atoms with Crippen LogP contribution in [-0.2, 0) is 6.54 Å². The van der Waals surface area contributed by atoms with Crippen LogP contribution in [0.15, 0.2) is 12.1 Å². The summed E-state index contributed by atoms with van der Waals surface area (Å²) in [6.07, 6.45) is 3.23. The second-order valence-electron chi connectivity index (χ2n) is 5.01. The standard InChI is InChI=1S/C17H23NO3/c1-4-5-6-9-21-17-15(19-2)10-13(11-16(17)20-3)12-18-14-7-8-14/h10-11,14,18H,6-9,12H2,1-3H3. The molecule has 1 aliphatic carbocycles. The minimum atomic E-state index is 0.521. The fourth-order valence-electron chi connectivity index (χ4n) is 2.06. The zero-order valence-electron chi connectivity index (χ0n) is 13.0. The summed E-state index contributed by atoms with van der Waals surface area (Å²) in [5.41, 5.74) is 1.14. The van der Waals surface area contributed by atoms with Crippen LogP contribution in [0, 0.1) is 11.8 Å². The van der Waals surface area contributed by atoms with Crippen molar-refractivity contribution >= 4 is 0 Å². The maximum atomic E-state index is 5.77. The Bertz CT molecular complexity index is 502. The molecule has 0 aromatic heterocycles. The van der Waals surface area contributed by atoms with Crippen LogP contribution in [-0.4, -0.2) is 26.9 Å². The minimum absolute atomic E-state index is 0.521. The molecule has 0 heterocycles. The number of hydrogen-bond donors (Lipinski definition) is 1. The van der Waals surface area contributed by atoms with E-state index in [0.29, 0.717) is 36.3 Å². The second-order valence-corrected chi connectivity index (χ2v) is 5.01. The quantitative estimate of drug-likeness (QED) is 0.590. The first-order valence-electron chi connectivity index (χ1n) is 7.29. The third kappa shape index (κ3) is 4.57. The van der Waals surface area contributed by atoms with Crippen LogP contribution in [0.2, 0.25) is 0 Å². The van der Waals surface area contributed by atoms with Crippen LogP contribution in [0.1, 0.15) is 31.7 Å². The third-order valence-electron chi connectivity index (χ3n) is 3.34. The summed E-state index contributed by atoms with van der Waals surface area (Å²) < 4.78 is 16.7. The van der Waals surface area contributed by atoms with Crippen LogP contribution in [0.4, 0.5) is 0 Å². The van der Waals surface area contributed by atoms with E-state index < -0.39 is 0 Å². The average Bonchev–Trinajstić information content (AvgIpc) is 3.33. The molecule has 0 radical (unpaired) electrons. The van der Waals surface area contributed by atoms with Gasteiger partial charge in [0, 0.05) is 19.0 Å². The molecule has 1 N–H and O–H groups in total. The molecule has 4 nitrogen and oxygen atoms in total. The number of rotatable bonds is 8. The Labute approximate surface area is 126 Å². The van der Waals surface area contributed by atoms with Crippen molar-refractivity contribution in [1.82, 2.24) is 5.32 Å². The maximum absolute atomic E-state index is 5.77. The summed E-state index contributed by atoms with van der Waals surface area (Å²) in [4.78, 5) is 0. The topological polar surface area (TPSA) is 39.7 Å². The first-order valence-corrected chi connectivity index (χ1v) is 7.29. The fraction of sp³-hybridized carbons (Fsp3) is 0.529. The number of ether oxygens (including phenoxy) is 3. The molecule has 0 bridgehead atoms. The molecule has 0 saturated heterocycles. The van der Waals surface area contributed by atoms with E-state index in [9.17, 15) is 0 Å². The fourth-order valence-corrected chi connectivity index (χ4v) is 2.06. The van der Waals surface area contributed by atoms with Gasteiger partial charge in [0.25, 0.3) is 0 Å². The molecule has 1 aromatic carbocycles. The average molecular weight is 289 g/mol. The molecule has 0 spiro atoms. The highest BCUT2D eigenvalue weighted by Gasteiger charge is 2.21. The van der Waals surface area contributed by atoms with Gasteiger partial charge in [-0.15, -0.1) is 11.8 Å². The van der Waals surface area contributed by atoms with E-state index in [-0.39, 0.29) is 0 Å². The van der Waals surface area contributed by atoms with Crippen molar-refractivity contribution in [2.45, 2.75) is 38.8 Å². The first kappa shape index (κ1) is 15.5. The molecule has 2 rings (SSSR count). The van der Waals surface area contributed by atoms with Gasteiger partial charge in [0.15, 0.2) is 11.5 Å². The molecule has 21 heavy (non-hydrogen) atoms. The van der Waals surface area contributed by atoms with E-state index in [1.165, 1.54) is 12.8 Å². The molecule has 0 atom stereocenters. The maximum Gasteiger partial charge on any atom is 0.203 e. The lowest BCUT2D eigenvalue weighted by atomic mass is 10.1. The highest BCUT2D eigenvalue weighted by Crippen LogP contribution is 2.38. The van der Waals surface area contributed by atoms with Crippen LogP contribution in [0.5, 0.6) is 17.2 Å². The second kappa shape index (κ2) is 7.80. The molecule has 0 unspecified atom stereocenters. The SMILES string of the molecule is CC#CCCOc1c(OC)cc(CNC2CC2)cc1OC. The lowest BCUT2D eigenvalue weighted by Gasteiger charge is -2.16. The Morgan fingerprint density at radius 1 is 1.19 bits per heavy atom. The van der Waals surface area contributed by atoms with Gasteiger partial charge in [-0.25, -0.2) is 0 Å². The van der Waals surface area contributed by atoms with Gasteiger partial charge in [-0.1, -0.05) is 0 Å². The van der Waals surface area contributed by atoms with Crippen molar-refractivity contribution in [2.75, 3.05) is 20.8 Å². The molecule has 1 saturated carbocycles. The first-order chi connectivity index (χ1) is 10.3. The largest absolute Gasteiger partial charge is 0.493 e. The van der Waals surface area contributed by atoms with Crippen molar-refractivity contribution in [3.05, 3.63) is 17.7 Å². The van der Waals surface area contributed by atoms with Gasteiger partial charge in [0.2, 0.25) is 5.75 Å². The normalized spacial score (nSPS) is 13.3. The monoisotopic (exact) mass is 289 g/mol. The smallest absolute Gasteiger partial charge is 0.203 e. The predicted octanol–water partition coefficient (Wildman–Crippen LogP) is 2.75. The number of hydrogen-bond acceptors (Lipinski definition) is 4. The Morgan fingerprint density at radius 2 is 1.86 bits per heavy atom. The van der Waals surface area contributed by atoms with Crippen molar-refractivity contribution in [2.24, 2.45) is 0 Å². The molecule has 114 valence electrons. The highest BCUT2D eigenvalue weighted by molar-refractivity contribution is 5.53. The van der Waals surface area contributed by atoms with Crippen molar-refractivity contribution in [3.8, 4) is 29.1 Å². The van der Waals surface area contributed by atoms with Gasteiger partial charge in [-0.2, -0.15) is 0 Å². The molecule has 4 heteroatoms. The highest BCUT2D eigenvalue weighted by atomic mass is 16.5. The Morgan fingerprint density at radius 3 is 2.38 bits per heavy atom. The number of methoxy groups -OCH3 is 2. The third-order valence-corrected chi connectivity index (χ3v) is 3.34. The lowest BCUT2D eigenvalue weighted by molar-refractivity contribution is 0.280. The summed E-state index contributed by atoms with van der Waals surface area (Å²) >= 11 is 0. The van der Waals surface area contributed by atoms with Crippen LogP contribution < -0.4 is 19.5 Å². The molecule has 1 aliphatic rings. The number of nitrogens with one attached hydrogen (secondary N) is 1. The Hall–Kier alpha value is -1.86. The Balaban J connectivity index is 2.09. The van der Waals surface area contributed by atoms with Gasteiger partial charge >= 0.3 is 0 Å². The lowest BCUT2D eigenvalue weighted by Crippen LogP contribution is -2.15.